The van der Waals surface area contributed by atoms with Crippen LogP contribution in [0, 0.1) is 6.92 Å². The summed E-state index contributed by atoms with van der Waals surface area (Å²) in [5, 5.41) is 7.75. The largest absolute Gasteiger partial charge is 0.416 e. The summed E-state index contributed by atoms with van der Waals surface area (Å²) < 4.78 is 38.8. The van der Waals surface area contributed by atoms with Crippen molar-refractivity contribution in [2.24, 2.45) is 0 Å². The van der Waals surface area contributed by atoms with Crippen molar-refractivity contribution in [1.29, 1.82) is 0 Å². The van der Waals surface area contributed by atoms with E-state index >= 15 is 0 Å². The fraction of sp³-hybridized carbons (Fsp3) is 0.318. The van der Waals surface area contributed by atoms with Gasteiger partial charge in [0.2, 0.25) is 0 Å². The summed E-state index contributed by atoms with van der Waals surface area (Å²) >= 11 is 0. The quantitative estimate of drug-likeness (QED) is 0.631. The van der Waals surface area contributed by atoms with Crippen LogP contribution in [0.15, 0.2) is 48.8 Å². The Balaban J connectivity index is 1.36. The number of hydrogen-bond acceptors (Lipinski definition) is 4. The van der Waals surface area contributed by atoms with Gasteiger partial charge in [0, 0.05) is 48.0 Å². The highest BCUT2D eigenvalue weighted by molar-refractivity contribution is 6.02. The third-order valence-electron chi connectivity index (χ3n) is 5.48. The van der Waals surface area contributed by atoms with E-state index in [0.29, 0.717) is 37.4 Å². The highest BCUT2D eigenvalue weighted by atomic mass is 19.4. The van der Waals surface area contributed by atoms with Crippen LogP contribution in [0.2, 0.25) is 0 Å². The number of amides is 2. The van der Waals surface area contributed by atoms with Crippen LogP contribution in [0.3, 0.4) is 0 Å². The van der Waals surface area contributed by atoms with Crippen LogP contribution in [0.4, 0.5) is 29.5 Å². The zero-order valence-electron chi connectivity index (χ0n) is 16.9. The summed E-state index contributed by atoms with van der Waals surface area (Å²) in [5.74, 6) is 0.303. The summed E-state index contributed by atoms with van der Waals surface area (Å²) in [5.41, 5.74) is 0.876. The van der Waals surface area contributed by atoms with Gasteiger partial charge in [-0.2, -0.15) is 13.2 Å². The first-order valence-electron chi connectivity index (χ1n) is 10.0. The minimum absolute atomic E-state index is 0.0690. The third kappa shape index (κ3) is 4.70. The second-order valence-electron chi connectivity index (χ2n) is 7.56. The first-order chi connectivity index (χ1) is 14.8. The molecule has 2 aromatic heterocycles. The Labute approximate surface area is 177 Å². The number of alkyl halides is 3. The first kappa shape index (κ1) is 20.9. The topological polar surface area (TPSA) is 70.2 Å². The SMILES string of the molecule is Cc1nccc2c(NC(=O)NC3CCN(c4cc(C(F)(F)F)ccn4)CC3)cccc12. The lowest BCUT2D eigenvalue weighted by atomic mass is 10.0. The number of carbonyl (C=O) groups excluding carboxylic acids is 1. The molecule has 0 spiro atoms. The van der Waals surface area contributed by atoms with Crippen molar-refractivity contribution in [1.82, 2.24) is 15.3 Å². The molecule has 1 aliphatic heterocycles. The monoisotopic (exact) mass is 429 g/mol. The number of benzene rings is 1. The van der Waals surface area contributed by atoms with Gasteiger partial charge in [-0.15, -0.1) is 0 Å². The Hall–Kier alpha value is -3.36. The van der Waals surface area contributed by atoms with E-state index in [4.69, 9.17) is 0 Å². The standard InChI is InChI=1S/C22H22F3N5O/c1-14-17-3-2-4-19(18(17)6-10-26-14)29-21(31)28-16-7-11-30(12-8-16)20-13-15(5-9-27-20)22(23,24)25/h2-6,9-10,13,16H,7-8,11-12H2,1H3,(H2,28,29,31). The van der Waals surface area contributed by atoms with Gasteiger partial charge in [-0.05, 0) is 44.0 Å². The second-order valence-corrected chi connectivity index (χ2v) is 7.56. The molecule has 2 amide bonds. The smallest absolute Gasteiger partial charge is 0.356 e. The predicted molar refractivity (Wildman–Crippen MR) is 113 cm³/mol. The predicted octanol–water partition coefficient (Wildman–Crippen LogP) is 4.75. The lowest BCUT2D eigenvalue weighted by molar-refractivity contribution is -0.137. The molecule has 3 aromatic rings. The molecule has 1 aliphatic rings. The zero-order valence-corrected chi connectivity index (χ0v) is 16.9. The molecule has 0 radical (unpaired) electrons. The summed E-state index contributed by atoms with van der Waals surface area (Å²) in [6.45, 7) is 2.94. The van der Waals surface area contributed by atoms with Crippen molar-refractivity contribution in [2.45, 2.75) is 32.0 Å². The van der Waals surface area contributed by atoms with E-state index in [0.717, 1.165) is 28.6 Å². The van der Waals surface area contributed by atoms with Crippen molar-refractivity contribution in [2.75, 3.05) is 23.3 Å². The van der Waals surface area contributed by atoms with Crippen LogP contribution in [0.5, 0.6) is 0 Å². The zero-order chi connectivity index (χ0) is 22.0. The summed E-state index contributed by atoms with van der Waals surface area (Å²) in [4.78, 5) is 22.7. The number of rotatable bonds is 3. The van der Waals surface area contributed by atoms with Gasteiger partial charge in [0.25, 0.3) is 0 Å². The van der Waals surface area contributed by atoms with Gasteiger partial charge in [0.05, 0.1) is 11.3 Å². The van der Waals surface area contributed by atoms with Crippen LogP contribution < -0.4 is 15.5 Å². The number of carbonyl (C=O) groups is 1. The second kappa shape index (κ2) is 8.41. The molecular formula is C22H22F3N5O. The van der Waals surface area contributed by atoms with Crippen LogP contribution in [-0.4, -0.2) is 35.1 Å². The van der Waals surface area contributed by atoms with Gasteiger partial charge < -0.3 is 15.5 Å². The molecule has 9 heteroatoms. The normalized spacial score (nSPS) is 15.2. The van der Waals surface area contributed by atoms with Crippen LogP contribution in [0.1, 0.15) is 24.1 Å². The molecule has 0 aliphatic carbocycles. The van der Waals surface area contributed by atoms with Gasteiger partial charge >= 0.3 is 12.2 Å². The van der Waals surface area contributed by atoms with Gasteiger partial charge in [-0.3, -0.25) is 4.98 Å². The van der Waals surface area contributed by atoms with E-state index in [9.17, 15) is 18.0 Å². The Bertz CT molecular complexity index is 1090. The number of halogens is 3. The highest BCUT2D eigenvalue weighted by Crippen LogP contribution is 2.31. The van der Waals surface area contributed by atoms with E-state index in [2.05, 4.69) is 20.6 Å². The Kier molecular flexibility index (Phi) is 5.67. The molecule has 0 unspecified atom stereocenters. The molecule has 0 bridgehead atoms. The van der Waals surface area contributed by atoms with Crippen molar-refractivity contribution in [3.63, 3.8) is 0 Å². The van der Waals surface area contributed by atoms with Crippen molar-refractivity contribution < 1.29 is 18.0 Å². The van der Waals surface area contributed by atoms with Gasteiger partial charge in [-0.1, -0.05) is 12.1 Å². The molecule has 1 aromatic carbocycles. The number of aryl methyl sites for hydroxylation is 1. The molecule has 1 fully saturated rings. The average Bonchev–Trinajstić information content (AvgIpc) is 2.74. The maximum Gasteiger partial charge on any atom is 0.416 e. The fourth-order valence-corrected chi connectivity index (χ4v) is 3.83. The molecule has 0 atom stereocenters. The molecule has 2 N–H and O–H groups in total. The Morgan fingerprint density at radius 3 is 2.55 bits per heavy atom. The number of fused-ring (bicyclic) bond motifs is 1. The molecule has 162 valence electrons. The molecule has 3 heterocycles. The minimum Gasteiger partial charge on any atom is -0.356 e. The van der Waals surface area contributed by atoms with Crippen LogP contribution in [-0.2, 0) is 6.18 Å². The number of aromatic nitrogens is 2. The van der Waals surface area contributed by atoms with Gasteiger partial charge in [-0.25, -0.2) is 9.78 Å². The number of nitrogens with one attached hydrogen (secondary N) is 2. The molecule has 0 saturated carbocycles. The van der Waals surface area contributed by atoms with Crippen molar-refractivity contribution in [3.05, 3.63) is 60.0 Å². The molecule has 6 nitrogen and oxygen atoms in total. The summed E-state index contributed by atoms with van der Waals surface area (Å²) in [6, 6.07) is 9.18. The molecule has 31 heavy (non-hydrogen) atoms. The van der Waals surface area contributed by atoms with Crippen LogP contribution >= 0.6 is 0 Å². The third-order valence-corrected chi connectivity index (χ3v) is 5.48. The Morgan fingerprint density at radius 1 is 1.06 bits per heavy atom. The number of piperidine rings is 1. The first-order valence-corrected chi connectivity index (χ1v) is 10.0. The van der Waals surface area contributed by atoms with Gasteiger partial charge in [0.1, 0.15) is 5.82 Å². The fourth-order valence-electron chi connectivity index (χ4n) is 3.83. The highest BCUT2D eigenvalue weighted by Gasteiger charge is 2.31. The number of hydrogen-bond donors (Lipinski definition) is 2. The lowest BCUT2D eigenvalue weighted by Gasteiger charge is -2.33. The van der Waals surface area contributed by atoms with E-state index in [-0.39, 0.29) is 12.1 Å². The average molecular weight is 429 g/mol. The van der Waals surface area contributed by atoms with Crippen LogP contribution in [0.25, 0.3) is 10.8 Å². The lowest BCUT2D eigenvalue weighted by Crippen LogP contribution is -2.46. The number of anilines is 2. The van der Waals surface area contributed by atoms with Crippen molar-refractivity contribution >= 4 is 28.3 Å². The number of pyridine rings is 2. The van der Waals surface area contributed by atoms with Crippen molar-refractivity contribution in [3.8, 4) is 0 Å². The molecular weight excluding hydrogens is 407 g/mol. The maximum atomic E-state index is 12.9. The maximum absolute atomic E-state index is 12.9. The number of urea groups is 1. The van der Waals surface area contributed by atoms with E-state index < -0.39 is 11.7 Å². The Morgan fingerprint density at radius 2 is 1.81 bits per heavy atom. The molecule has 1 saturated heterocycles. The van der Waals surface area contributed by atoms with E-state index in [1.165, 1.54) is 6.20 Å². The summed E-state index contributed by atoms with van der Waals surface area (Å²) in [7, 11) is 0. The minimum atomic E-state index is -4.40. The summed E-state index contributed by atoms with van der Waals surface area (Å²) in [6.07, 6.45) is -0.282. The van der Waals surface area contributed by atoms with Gasteiger partial charge in [0.15, 0.2) is 0 Å². The molecule has 4 rings (SSSR count). The van der Waals surface area contributed by atoms with E-state index in [1.54, 1.807) is 6.20 Å². The number of nitrogens with zero attached hydrogens (tertiary/aromatic N) is 3. The van der Waals surface area contributed by atoms with E-state index in [1.807, 2.05) is 36.1 Å².